The second kappa shape index (κ2) is 7.47. The van der Waals surface area contributed by atoms with Crippen molar-refractivity contribution < 1.29 is 24.5 Å². The molecule has 0 saturated carbocycles. The lowest BCUT2D eigenvalue weighted by molar-refractivity contribution is -0.139. The molecule has 0 aliphatic rings. The van der Waals surface area contributed by atoms with E-state index in [9.17, 15) is 9.90 Å². The number of aliphatic hydroxyl groups is 1. The van der Waals surface area contributed by atoms with Gasteiger partial charge in [0.25, 0.3) is 0 Å². The van der Waals surface area contributed by atoms with Crippen molar-refractivity contribution in [3.63, 3.8) is 0 Å². The standard InChI is InChI=1S/C17H18O5/c1-21-16-9-13(14(10-18)17(19)20)7-8-15(16)22-11-12-5-3-2-4-6-12/h2-9,14,18H,10-11H2,1H3,(H,19,20)/t14-/m0/s1. The van der Waals surface area contributed by atoms with Gasteiger partial charge in [-0.25, -0.2) is 0 Å². The van der Waals surface area contributed by atoms with E-state index in [1.165, 1.54) is 7.11 Å². The van der Waals surface area contributed by atoms with Crippen molar-refractivity contribution in [3.05, 3.63) is 59.7 Å². The summed E-state index contributed by atoms with van der Waals surface area (Å²) in [5.41, 5.74) is 1.49. The first-order valence-corrected chi connectivity index (χ1v) is 6.84. The summed E-state index contributed by atoms with van der Waals surface area (Å²) >= 11 is 0. The molecule has 2 aromatic rings. The number of rotatable bonds is 7. The van der Waals surface area contributed by atoms with Gasteiger partial charge in [0.05, 0.1) is 13.7 Å². The molecular weight excluding hydrogens is 284 g/mol. The largest absolute Gasteiger partial charge is 0.493 e. The van der Waals surface area contributed by atoms with E-state index in [4.69, 9.17) is 14.6 Å². The van der Waals surface area contributed by atoms with Crippen molar-refractivity contribution in [2.45, 2.75) is 12.5 Å². The van der Waals surface area contributed by atoms with E-state index in [-0.39, 0.29) is 0 Å². The third kappa shape index (κ3) is 3.77. The maximum atomic E-state index is 11.1. The van der Waals surface area contributed by atoms with Gasteiger partial charge in [0, 0.05) is 0 Å². The number of hydrogen-bond acceptors (Lipinski definition) is 4. The highest BCUT2D eigenvalue weighted by Gasteiger charge is 2.20. The van der Waals surface area contributed by atoms with Gasteiger partial charge in [-0.15, -0.1) is 0 Å². The molecule has 2 rings (SSSR count). The first-order chi connectivity index (χ1) is 10.7. The fourth-order valence-electron chi connectivity index (χ4n) is 2.08. The van der Waals surface area contributed by atoms with Gasteiger partial charge in [-0.3, -0.25) is 4.79 Å². The second-order valence-corrected chi connectivity index (χ2v) is 4.76. The molecule has 0 amide bonds. The topological polar surface area (TPSA) is 76.0 Å². The summed E-state index contributed by atoms with van der Waals surface area (Å²) in [6.07, 6.45) is 0. The molecule has 2 aromatic carbocycles. The Morgan fingerprint density at radius 3 is 2.45 bits per heavy atom. The maximum absolute atomic E-state index is 11.1. The predicted octanol–water partition coefficient (Wildman–Crippen LogP) is 2.43. The fraction of sp³-hybridized carbons (Fsp3) is 0.235. The number of carboxylic acid groups (broad SMARTS) is 1. The molecule has 0 aliphatic carbocycles. The van der Waals surface area contributed by atoms with Gasteiger partial charge in [0.15, 0.2) is 11.5 Å². The van der Waals surface area contributed by atoms with Crippen LogP contribution in [-0.2, 0) is 11.4 Å². The van der Waals surface area contributed by atoms with Crippen LogP contribution in [0.5, 0.6) is 11.5 Å². The third-order valence-corrected chi connectivity index (χ3v) is 3.31. The predicted molar refractivity (Wildman–Crippen MR) is 81.2 cm³/mol. The number of methoxy groups -OCH3 is 1. The molecule has 0 aromatic heterocycles. The summed E-state index contributed by atoms with van der Waals surface area (Å²) in [6.45, 7) is -0.0817. The lowest BCUT2D eigenvalue weighted by atomic mass is 10.00. The number of carboxylic acids is 1. The van der Waals surface area contributed by atoms with Gasteiger partial charge < -0.3 is 19.7 Å². The molecule has 0 aliphatic heterocycles. The van der Waals surface area contributed by atoms with E-state index in [0.29, 0.717) is 23.7 Å². The van der Waals surface area contributed by atoms with Crippen molar-refractivity contribution >= 4 is 5.97 Å². The highest BCUT2D eigenvalue weighted by atomic mass is 16.5. The van der Waals surface area contributed by atoms with Gasteiger partial charge in [-0.05, 0) is 23.3 Å². The SMILES string of the molecule is COc1cc([C@H](CO)C(=O)O)ccc1OCc1ccccc1. The molecule has 22 heavy (non-hydrogen) atoms. The molecule has 0 fully saturated rings. The maximum Gasteiger partial charge on any atom is 0.313 e. The molecule has 116 valence electrons. The first kappa shape index (κ1) is 15.9. The van der Waals surface area contributed by atoms with Gasteiger partial charge in [0.1, 0.15) is 12.5 Å². The van der Waals surface area contributed by atoms with Crippen molar-refractivity contribution in [2.75, 3.05) is 13.7 Å². The fourth-order valence-corrected chi connectivity index (χ4v) is 2.08. The molecule has 1 atom stereocenters. The Kier molecular flexibility index (Phi) is 5.38. The zero-order chi connectivity index (χ0) is 15.9. The summed E-state index contributed by atoms with van der Waals surface area (Å²) in [4.78, 5) is 11.1. The normalized spacial score (nSPS) is 11.7. The number of hydrogen-bond donors (Lipinski definition) is 2. The summed E-state index contributed by atoms with van der Waals surface area (Å²) in [5, 5.41) is 18.3. The highest BCUT2D eigenvalue weighted by Crippen LogP contribution is 2.31. The van der Waals surface area contributed by atoms with Crippen LogP contribution < -0.4 is 9.47 Å². The van der Waals surface area contributed by atoms with E-state index < -0.39 is 18.5 Å². The Hall–Kier alpha value is -2.53. The van der Waals surface area contributed by atoms with Gasteiger partial charge in [-0.1, -0.05) is 36.4 Å². The van der Waals surface area contributed by atoms with Crippen molar-refractivity contribution in [1.82, 2.24) is 0 Å². The molecule has 0 heterocycles. The van der Waals surface area contributed by atoms with Crippen LogP contribution >= 0.6 is 0 Å². The average molecular weight is 302 g/mol. The summed E-state index contributed by atoms with van der Waals surface area (Å²) in [6, 6.07) is 14.5. The molecule has 0 bridgehead atoms. The molecule has 5 heteroatoms. The Labute approximate surface area is 128 Å². The number of aliphatic carboxylic acids is 1. The number of aliphatic hydroxyl groups excluding tert-OH is 1. The van der Waals surface area contributed by atoms with Gasteiger partial charge >= 0.3 is 5.97 Å². The molecule has 0 saturated heterocycles. The molecular formula is C17H18O5. The van der Waals surface area contributed by atoms with Gasteiger partial charge in [0.2, 0.25) is 0 Å². The summed E-state index contributed by atoms with van der Waals surface area (Å²) in [5.74, 6) is -1.09. The zero-order valence-electron chi connectivity index (χ0n) is 12.2. The lowest BCUT2D eigenvalue weighted by Gasteiger charge is -2.15. The number of ether oxygens (including phenoxy) is 2. The summed E-state index contributed by atoms with van der Waals surface area (Å²) < 4.78 is 11.0. The van der Waals surface area contributed by atoms with Crippen LogP contribution in [0, 0.1) is 0 Å². The number of carbonyl (C=O) groups is 1. The minimum atomic E-state index is -1.08. The van der Waals surface area contributed by atoms with Crippen LogP contribution in [0.3, 0.4) is 0 Å². The van der Waals surface area contributed by atoms with E-state index in [2.05, 4.69) is 0 Å². The minimum absolute atomic E-state index is 0.388. The minimum Gasteiger partial charge on any atom is -0.493 e. The summed E-state index contributed by atoms with van der Waals surface area (Å²) in [7, 11) is 1.49. The molecule has 0 unspecified atom stereocenters. The first-order valence-electron chi connectivity index (χ1n) is 6.84. The molecule has 2 N–H and O–H groups in total. The van der Waals surface area contributed by atoms with E-state index in [1.54, 1.807) is 18.2 Å². The van der Waals surface area contributed by atoms with Crippen LogP contribution in [-0.4, -0.2) is 29.9 Å². The van der Waals surface area contributed by atoms with Crippen molar-refractivity contribution in [3.8, 4) is 11.5 Å². The second-order valence-electron chi connectivity index (χ2n) is 4.76. The quantitative estimate of drug-likeness (QED) is 0.821. The monoisotopic (exact) mass is 302 g/mol. The Balaban J connectivity index is 2.17. The lowest BCUT2D eigenvalue weighted by Crippen LogP contribution is -2.15. The Morgan fingerprint density at radius 1 is 1.14 bits per heavy atom. The number of benzene rings is 2. The molecule has 0 radical (unpaired) electrons. The zero-order valence-corrected chi connectivity index (χ0v) is 12.2. The third-order valence-electron chi connectivity index (χ3n) is 3.31. The molecule has 5 nitrogen and oxygen atoms in total. The van der Waals surface area contributed by atoms with Crippen LogP contribution in [0.1, 0.15) is 17.0 Å². The van der Waals surface area contributed by atoms with Crippen LogP contribution in [0.4, 0.5) is 0 Å². The van der Waals surface area contributed by atoms with E-state index in [0.717, 1.165) is 5.56 Å². The van der Waals surface area contributed by atoms with E-state index in [1.807, 2.05) is 30.3 Å². The van der Waals surface area contributed by atoms with Crippen LogP contribution in [0.2, 0.25) is 0 Å². The Morgan fingerprint density at radius 2 is 1.86 bits per heavy atom. The van der Waals surface area contributed by atoms with Crippen molar-refractivity contribution in [1.29, 1.82) is 0 Å². The van der Waals surface area contributed by atoms with Crippen molar-refractivity contribution in [2.24, 2.45) is 0 Å². The van der Waals surface area contributed by atoms with E-state index >= 15 is 0 Å². The average Bonchev–Trinajstić information content (AvgIpc) is 2.54. The smallest absolute Gasteiger partial charge is 0.313 e. The highest BCUT2D eigenvalue weighted by molar-refractivity contribution is 5.76. The Bertz CT molecular complexity index is 624. The van der Waals surface area contributed by atoms with Gasteiger partial charge in [-0.2, -0.15) is 0 Å². The van der Waals surface area contributed by atoms with Crippen LogP contribution in [0.15, 0.2) is 48.5 Å². The van der Waals surface area contributed by atoms with Crippen LogP contribution in [0.25, 0.3) is 0 Å². The molecule has 0 spiro atoms.